The smallest absolute Gasteiger partial charge is 0.264 e. The van der Waals surface area contributed by atoms with Crippen molar-refractivity contribution in [3.05, 3.63) is 71.4 Å². The van der Waals surface area contributed by atoms with E-state index < -0.39 is 15.9 Å². The van der Waals surface area contributed by atoms with Gasteiger partial charge >= 0.3 is 0 Å². The highest BCUT2D eigenvalue weighted by atomic mass is 35.5. The lowest BCUT2D eigenvalue weighted by molar-refractivity contribution is 0.0981. The van der Waals surface area contributed by atoms with Crippen LogP contribution >= 0.6 is 11.6 Å². The molecule has 0 unspecified atom stereocenters. The molecule has 0 atom stereocenters. The third kappa shape index (κ3) is 3.18. The SMILES string of the molecule is O=C(NS(=O)(=O)c1cccc2ncccc12)c1ccc(Cl)cc1. The average Bonchev–Trinajstić information content (AvgIpc) is 2.54. The van der Waals surface area contributed by atoms with Crippen LogP contribution in [0.2, 0.25) is 5.02 Å². The number of sulfonamides is 1. The number of pyridine rings is 1. The maximum absolute atomic E-state index is 12.5. The van der Waals surface area contributed by atoms with Gasteiger partial charge in [-0.3, -0.25) is 9.78 Å². The minimum Gasteiger partial charge on any atom is -0.268 e. The zero-order valence-electron chi connectivity index (χ0n) is 11.7. The highest BCUT2D eigenvalue weighted by Gasteiger charge is 2.21. The van der Waals surface area contributed by atoms with Gasteiger partial charge in [-0.05, 0) is 48.5 Å². The van der Waals surface area contributed by atoms with Crippen LogP contribution in [-0.2, 0) is 10.0 Å². The number of carbonyl (C=O) groups excluding carboxylic acids is 1. The summed E-state index contributed by atoms with van der Waals surface area (Å²) in [5, 5.41) is 0.913. The number of benzene rings is 2. The summed E-state index contributed by atoms with van der Waals surface area (Å²) in [6, 6.07) is 13.9. The number of hydrogen-bond donors (Lipinski definition) is 1. The molecule has 3 aromatic rings. The number of amides is 1. The van der Waals surface area contributed by atoms with E-state index in [0.29, 0.717) is 15.9 Å². The van der Waals surface area contributed by atoms with Crippen LogP contribution in [0.4, 0.5) is 0 Å². The second kappa shape index (κ2) is 5.98. The van der Waals surface area contributed by atoms with Gasteiger partial charge in [-0.1, -0.05) is 17.7 Å². The summed E-state index contributed by atoms with van der Waals surface area (Å²) in [7, 11) is -4.02. The number of nitrogens with zero attached hydrogens (tertiary/aromatic N) is 1. The number of carbonyl (C=O) groups is 1. The Bertz CT molecular complexity index is 980. The zero-order chi connectivity index (χ0) is 16.4. The summed E-state index contributed by atoms with van der Waals surface area (Å²) >= 11 is 5.75. The molecule has 1 N–H and O–H groups in total. The van der Waals surface area contributed by atoms with E-state index in [4.69, 9.17) is 11.6 Å². The van der Waals surface area contributed by atoms with Crippen LogP contribution in [0.15, 0.2) is 65.7 Å². The van der Waals surface area contributed by atoms with Gasteiger partial charge in [0.05, 0.1) is 10.4 Å². The van der Waals surface area contributed by atoms with Crippen LogP contribution < -0.4 is 4.72 Å². The Labute approximate surface area is 138 Å². The summed E-state index contributed by atoms with van der Waals surface area (Å²) in [6.45, 7) is 0. The monoisotopic (exact) mass is 346 g/mol. The highest BCUT2D eigenvalue weighted by molar-refractivity contribution is 7.90. The predicted molar refractivity (Wildman–Crippen MR) is 87.8 cm³/mol. The summed E-state index contributed by atoms with van der Waals surface area (Å²) in [4.78, 5) is 16.2. The Morgan fingerprint density at radius 2 is 1.74 bits per heavy atom. The lowest BCUT2D eigenvalue weighted by atomic mass is 10.2. The lowest BCUT2D eigenvalue weighted by Gasteiger charge is -2.09. The van der Waals surface area contributed by atoms with Crippen molar-refractivity contribution >= 4 is 38.4 Å². The minimum absolute atomic E-state index is 0.00501. The maximum atomic E-state index is 12.5. The van der Waals surface area contributed by atoms with Gasteiger partial charge in [-0.15, -0.1) is 0 Å². The van der Waals surface area contributed by atoms with E-state index in [0.717, 1.165) is 0 Å². The van der Waals surface area contributed by atoms with Crippen molar-refractivity contribution in [1.29, 1.82) is 0 Å². The quantitative estimate of drug-likeness (QED) is 0.791. The number of nitrogens with one attached hydrogen (secondary N) is 1. The molecule has 0 saturated carbocycles. The fourth-order valence-corrected chi connectivity index (χ4v) is 3.46. The van der Waals surface area contributed by atoms with Crippen molar-refractivity contribution in [3.8, 4) is 0 Å². The molecule has 0 radical (unpaired) electrons. The van der Waals surface area contributed by atoms with Gasteiger partial charge in [-0.2, -0.15) is 0 Å². The Hall–Kier alpha value is -2.44. The molecule has 0 aliphatic carbocycles. The molecule has 3 rings (SSSR count). The highest BCUT2D eigenvalue weighted by Crippen LogP contribution is 2.21. The fourth-order valence-electron chi connectivity index (χ4n) is 2.15. The molecule has 0 saturated heterocycles. The van der Waals surface area contributed by atoms with Gasteiger partial charge in [0, 0.05) is 22.2 Å². The molecule has 116 valence electrons. The van der Waals surface area contributed by atoms with E-state index in [1.54, 1.807) is 30.5 Å². The van der Waals surface area contributed by atoms with Crippen LogP contribution in [0, 0.1) is 0 Å². The molecule has 0 aliphatic heterocycles. The number of halogens is 1. The molecule has 23 heavy (non-hydrogen) atoms. The van der Waals surface area contributed by atoms with Crippen molar-refractivity contribution in [2.75, 3.05) is 0 Å². The molecule has 0 aliphatic rings. The van der Waals surface area contributed by atoms with Crippen LogP contribution in [-0.4, -0.2) is 19.3 Å². The number of hydrogen-bond acceptors (Lipinski definition) is 4. The molecular weight excluding hydrogens is 336 g/mol. The standard InChI is InChI=1S/C16H11ClN2O3S/c17-12-8-6-11(7-9-12)16(20)19-23(21,22)15-5-1-4-14-13(15)3-2-10-18-14/h1-10H,(H,19,20). The number of fused-ring (bicyclic) bond motifs is 1. The van der Waals surface area contributed by atoms with E-state index in [1.165, 1.54) is 30.3 Å². The van der Waals surface area contributed by atoms with Crippen LogP contribution in [0.5, 0.6) is 0 Å². The second-order valence-corrected chi connectivity index (χ2v) is 6.86. The summed E-state index contributed by atoms with van der Waals surface area (Å²) in [5.74, 6) is -0.720. The molecule has 2 aromatic carbocycles. The predicted octanol–water partition coefficient (Wildman–Crippen LogP) is 3.01. The van der Waals surface area contributed by atoms with Gasteiger partial charge < -0.3 is 0 Å². The van der Waals surface area contributed by atoms with Gasteiger partial charge in [0.25, 0.3) is 15.9 Å². The average molecular weight is 347 g/mol. The third-order valence-electron chi connectivity index (χ3n) is 3.23. The molecule has 1 heterocycles. The summed E-state index contributed by atoms with van der Waals surface area (Å²) in [5.41, 5.74) is 0.741. The second-order valence-electron chi connectivity index (χ2n) is 4.77. The molecule has 0 spiro atoms. The van der Waals surface area contributed by atoms with Crippen LogP contribution in [0.3, 0.4) is 0 Å². The normalized spacial score (nSPS) is 11.3. The molecule has 0 bridgehead atoms. The van der Waals surface area contributed by atoms with Crippen LogP contribution in [0.1, 0.15) is 10.4 Å². The first kappa shape index (κ1) is 15.5. The molecule has 5 nitrogen and oxygen atoms in total. The zero-order valence-corrected chi connectivity index (χ0v) is 13.3. The third-order valence-corrected chi connectivity index (χ3v) is 4.87. The number of rotatable bonds is 3. The molecule has 1 aromatic heterocycles. The van der Waals surface area contributed by atoms with Gasteiger partial charge in [0.1, 0.15) is 0 Å². The van der Waals surface area contributed by atoms with Crippen molar-refractivity contribution < 1.29 is 13.2 Å². The summed E-state index contributed by atoms with van der Waals surface area (Å²) in [6.07, 6.45) is 1.57. The van der Waals surface area contributed by atoms with Crippen LogP contribution in [0.25, 0.3) is 10.9 Å². The first-order valence-corrected chi connectivity index (χ1v) is 8.50. The van der Waals surface area contributed by atoms with Crippen molar-refractivity contribution in [2.24, 2.45) is 0 Å². The fraction of sp³-hybridized carbons (Fsp3) is 0. The summed E-state index contributed by atoms with van der Waals surface area (Å²) < 4.78 is 27.1. The molecule has 7 heteroatoms. The topological polar surface area (TPSA) is 76.1 Å². The Balaban J connectivity index is 1.98. The van der Waals surface area contributed by atoms with Gasteiger partial charge in [0.15, 0.2) is 0 Å². The Kier molecular flexibility index (Phi) is 4.02. The van der Waals surface area contributed by atoms with E-state index in [2.05, 4.69) is 9.71 Å². The first-order chi connectivity index (χ1) is 11.0. The number of aromatic nitrogens is 1. The molecular formula is C16H11ClN2O3S. The van der Waals surface area contributed by atoms with E-state index in [9.17, 15) is 13.2 Å². The molecule has 0 fully saturated rings. The van der Waals surface area contributed by atoms with Crippen molar-refractivity contribution in [2.45, 2.75) is 4.90 Å². The van der Waals surface area contributed by atoms with E-state index >= 15 is 0 Å². The van der Waals surface area contributed by atoms with Crippen molar-refractivity contribution in [3.63, 3.8) is 0 Å². The Morgan fingerprint density at radius 3 is 2.48 bits per heavy atom. The van der Waals surface area contributed by atoms with Gasteiger partial charge in [-0.25, -0.2) is 13.1 Å². The first-order valence-electron chi connectivity index (χ1n) is 6.64. The minimum atomic E-state index is -4.02. The van der Waals surface area contributed by atoms with Crippen molar-refractivity contribution in [1.82, 2.24) is 9.71 Å². The van der Waals surface area contributed by atoms with E-state index in [-0.39, 0.29) is 10.5 Å². The largest absolute Gasteiger partial charge is 0.268 e. The maximum Gasteiger partial charge on any atom is 0.264 e. The van der Waals surface area contributed by atoms with Gasteiger partial charge in [0.2, 0.25) is 0 Å². The lowest BCUT2D eigenvalue weighted by Crippen LogP contribution is -2.30. The Morgan fingerprint density at radius 1 is 1.00 bits per heavy atom. The van der Waals surface area contributed by atoms with E-state index in [1.807, 2.05) is 0 Å². The molecule has 1 amide bonds.